The summed E-state index contributed by atoms with van der Waals surface area (Å²) < 4.78 is 0. The molecule has 0 bridgehead atoms. The number of hydrogen-bond donors (Lipinski definition) is 2. The molecule has 15 heavy (non-hydrogen) atoms. The molecule has 0 atom stereocenters. The largest absolute Gasteiger partial charge is 0.481 e. The molecule has 82 valence electrons. The lowest BCUT2D eigenvalue weighted by Gasteiger charge is -2.01. The van der Waals surface area contributed by atoms with Crippen molar-refractivity contribution in [2.45, 2.75) is 19.8 Å². The lowest BCUT2D eigenvalue weighted by atomic mass is 10.3. The van der Waals surface area contributed by atoms with Gasteiger partial charge in [-0.3, -0.25) is 9.59 Å². The maximum absolute atomic E-state index is 11.3. The van der Waals surface area contributed by atoms with E-state index in [0.29, 0.717) is 6.42 Å². The molecule has 1 rings (SSSR count). The average Bonchev–Trinajstić information content (AvgIpc) is 2.50. The van der Waals surface area contributed by atoms with Crippen LogP contribution in [0.2, 0.25) is 0 Å². The van der Waals surface area contributed by atoms with Gasteiger partial charge in [0.05, 0.1) is 12.8 Å². The Labute approximate surface area is 91.9 Å². The van der Waals surface area contributed by atoms with Gasteiger partial charge in [0, 0.05) is 16.3 Å². The van der Waals surface area contributed by atoms with Crippen molar-refractivity contribution in [1.82, 2.24) is 5.32 Å². The summed E-state index contributed by atoms with van der Waals surface area (Å²) in [6, 6.07) is 3.88. The van der Waals surface area contributed by atoms with Gasteiger partial charge in [-0.05, 0) is 19.1 Å². The van der Waals surface area contributed by atoms with E-state index in [-0.39, 0.29) is 18.9 Å². The number of aryl methyl sites for hydroxylation is 1. The smallest absolute Gasteiger partial charge is 0.305 e. The summed E-state index contributed by atoms with van der Waals surface area (Å²) in [7, 11) is 0. The Balaban J connectivity index is 2.27. The van der Waals surface area contributed by atoms with Crippen LogP contribution < -0.4 is 5.32 Å². The summed E-state index contributed by atoms with van der Waals surface area (Å²) in [4.78, 5) is 23.7. The summed E-state index contributed by atoms with van der Waals surface area (Å²) in [5.74, 6) is -1.03. The Hall–Kier alpha value is -1.36. The molecule has 0 aliphatic heterocycles. The molecule has 0 fully saturated rings. The minimum Gasteiger partial charge on any atom is -0.481 e. The monoisotopic (exact) mass is 227 g/mol. The molecule has 0 aliphatic rings. The number of amides is 1. The number of carbonyl (C=O) groups is 2. The van der Waals surface area contributed by atoms with Gasteiger partial charge >= 0.3 is 5.97 Å². The zero-order chi connectivity index (χ0) is 11.3. The van der Waals surface area contributed by atoms with Crippen molar-refractivity contribution in [3.8, 4) is 0 Å². The molecular weight excluding hydrogens is 214 g/mol. The molecule has 0 aromatic carbocycles. The minimum absolute atomic E-state index is 0.0325. The van der Waals surface area contributed by atoms with E-state index in [2.05, 4.69) is 5.32 Å². The van der Waals surface area contributed by atoms with Crippen molar-refractivity contribution in [3.63, 3.8) is 0 Å². The SMILES string of the molecule is Cc1ccc(CC(=O)NCCC(=O)O)s1. The molecule has 1 aromatic heterocycles. The Morgan fingerprint density at radius 3 is 2.73 bits per heavy atom. The van der Waals surface area contributed by atoms with Crippen LogP contribution in [0.4, 0.5) is 0 Å². The van der Waals surface area contributed by atoms with Crippen LogP contribution in [0.25, 0.3) is 0 Å². The van der Waals surface area contributed by atoms with Gasteiger partial charge in [-0.1, -0.05) is 0 Å². The summed E-state index contributed by atoms with van der Waals surface area (Å²) in [5, 5.41) is 10.9. The van der Waals surface area contributed by atoms with E-state index in [9.17, 15) is 9.59 Å². The third-order valence-electron chi connectivity index (χ3n) is 1.79. The average molecular weight is 227 g/mol. The topological polar surface area (TPSA) is 66.4 Å². The molecule has 0 unspecified atom stereocenters. The number of carbonyl (C=O) groups excluding carboxylic acids is 1. The zero-order valence-electron chi connectivity index (χ0n) is 8.45. The molecule has 0 spiro atoms. The van der Waals surface area contributed by atoms with Crippen LogP contribution >= 0.6 is 11.3 Å². The predicted molar refractivity (Wildman–Crippen MR) is 58.0 cm³/mol. The first-order valence-electron chi connectivity index (χ1n) is 4.62. The Morgan fingerprint density at radius 2 is 2.20 bits per heavy atom. The molecule has 5 heteroatoms. The normalized spacial score (nSPS) is 9.93. The van der Waals surface area contributed by atoms with Crippen LogP contribution in [0.5, 0.6) is 0 Å². The van der Waals surface area contributed by atoms with Gasteiger partial charge in [0.2, 0.25) is 5.91 Å². The Morgan fingerprint density at radius 1 is 1.47 bits per heavy atom. The Bertz CT molecular complexity index is 359. The van der Waals surface area contributed by atoms with Gasteiger partial charge in [0.1, 0.15) is 0 Å². The first kappa shape index (κ1) is 11.7. The number of rotatable bonds is 5. The second-order valence-electron chi connectivity index (χ2n) is 3.18. The molecule has 1 heterocycles. The van der Waals surface area contributed by atoms with Crippen molar-refractivity contribution in [1.29, 1.82) is 0 Å². The maximum atomic E-state index is 11.3. The summed E-state index contributed by atoms with van der Waals surface area (Å²) in [6.45, 7) is 2.18. The highest BCUT2D eigenvalue weighted by Gasteiger charge is 2.05. The van der Waals surface area contributed by atoms with Gasteiger partial charge in [0.25, 0.3) is 0 Å². The molecule has 1 aromatic rings. The molecule has 0 aliphatic carbocycles. The van der Waals surface area contributed by atoms with Gasteiger partial charge in [-0.25, -0.2) is 0 Å². The van der Waals surface area contributed by atoms with Crippen LogP contribution in [0.1, 0.15) is 16.2 Å². The fourth-order valence-corrected chi connectivity index (χ4v) is 2.00. The van der Waals surface area contributed by atoms with Crippen LogP contribution in [0.3, 0.4) is 0 Å². The highest BCUT2D eigenvalue weighted by Crippen LogP contribution is 2.15. The van der Waals surface area contributed by atoms with Crippen molar-refractivity contribution >= 4 is 23.2 Å². The minimum atomic E-state index is -0.901. The Kier molecular flexibility index (Phi) is 4.30. The first-order chi connectivity index (χ1) is 7.08. The van der Waals surface area contributed by atoms with Crippen LogP contribution in [0.15, 0.2) is 12.1 Å². The fraction of sp³-hybridized carbons (Fsp3) is 0.400. The summed E-state index contributed by atoms with van der Waals surface area (Å²) in [5.41, 5.74) is 0. The zero-order valence-corrected chi connectivity index (χ0v) is 9.26. The highest BCUT2D eigenvalue weighted by molar-refractivity contribution is 7.12. The van der Waals surface area contributed by atoms with Crippen LogP contribution in [0, 0.1) is 6.92 Å². The summed E-state index contributed by atoms with van der Waals surface area (Å²) in [6.07, 6.45) is 0.299. The molecule has 0 radical (unpaired) electrons. The quantitative estimate of drug-likeness (QED) is 0.794. The second-order valence-corrected chi connectivity index (χ2v) is 4.56. The van der Waals surface area contributed by atoms with E-state index < -0.39 is 5.97 Å². The number of carboxylic acids is 1. The third kappa shape index (κ3) is 4.60. The van der Waals surface area contributed by atoms with Gasteiger partial charge in [-0.15, -0.1) is 11.3 Å². The van der Waals surface area contributed by atoms with E-state index >= 15 is 0 Å². The number of nitrogens with one attached hydrogen (secondary N) is 1. The third-order valence-corrected chi connectivity index (χ3v) is 2.79. The number of carboxylic acid groups (broad SMARTS) is 1. The maximum Gasteiger partial charge on any atom is 0.305 e. The van der Waals surface area contributed by atoms with E-state index in [1.54, 1.807) is 11.3 Å². The predicted octanol–water partition coefficient (Wildman–Crippen LogP) is 1.19. The van der Waals surface area contributed by atoms with Crippen LogP contribution in [-0.2, 0) is 16.0 Å². The second kappa shape index (κ2) is 5.50. The molecule has 0 saturated carbocycles. The van der Waals surface area contributed by atoms with Gasteiger partial charge < -0.3 is 10.4 Å². The molecule has 0 saturated heterocycles. The number of thiophene rings is 1. The lowest BCUT2D eigenvalue weighted by molar-refractivity contribution is -0.136. The van der Waals surface area contributed by atoms with Crippen molar-refractivity contribution in [2.24, 2.45) is 0 Å². The van der Waals surface area contributed by atoms with Crippen molar-refractivity contribution in [2.75, 3.05) is 6.54 Å². The van der Waals surface area contributed by atoms with E-state index in [1.165, 1.54) is 4.88 Å². The molecular formula is C10H13NO3S. The van der Waals surface area contributed by atoms with Gasteiger partial charge in [0.15, 0.2) is 0 Å². The molecule has 4 nitrogen and oxygen atoms in total. The number of aliphatic carboxylic acids is 1. The van der Waals surface area contributed by atoms with E-state index in [0.717, 1.165) is 4.88 Å². The van der Waals surface area contributed by atoms with Crippen LogP contribution in [-0.4, -0.2) is 23.5 Å². The summed E-state index contributed by atoms with van der Waals surface area (Å²) >= 11 is 1.58. The molecule has 2 N–H and O–H groups in total. The van der Waals surface area contributed by atoms with Gasteiger partial charge in [-0.2, -0.15) is 0 Å². The first-order valence-corrected chi connectivity index (χ1v) is 5.43. The lowest BCUT2D eigenvalue weighted by Crippen LogP contribution is -2.27. The van der Waals surface area contributed by atoms with Crippen molar-refractivity contribution < 1.29 is 14.7 Å². The number of hydrogen-bond acceptors (Lipinski definition) is 3. The molecule has 1 amide bonds. The fourth-order valence-electron chi connectivity index (χ4n) is 1.11. The standard InChI is InChI=1S/C10H13NO3S/c1-7-2-3-8(15-7)6-9(12)11-5-4-10(13)14/h2-3H,4-6H2,1H3,(H,11,12)(H,13,14). The highest BCUT2D eigenvalue weighted by atomic mass is 32.1. The van der Waals surface area contributed by atoms with Crippen molar-refractivity contribution in [3.05, 3.63) is 21.9 Å². The van der Waals surface area contributed by atoms with E-state index in [1.807, 2.05) is 19.1 Å². The van der Waals surface area contributed by atoms with E-state index in [4.69, 9.17) is 5.11 Å².